The highest BCUT2D eigenvalue weighted by molar-refractivity contribution is 9.10. The normalized spacial score (nSPS) is 10.7. The van der Waals surface area contributed by atoms with Crippen LogP contribution in [0.15, 0.2) is 57.8 Å². The van der Waals surface area contributed by atoms with Crippen molar-refractivity contribution >= 4 is 38.6 Å². The van der Waals surface area contributed by atoms with Crippen LogP contribution in [0.1, 0.15) is 10.5 Å². The Labute approximate surface area is 242 Å². The van der Waals surface area contributed by atoms with Crippen molar-refractivity contribution in [2.24, 2.45) is 0 Å². The minimum atomic E-state index is -1.17. The van der Waals surface area contributed by atoms with Gasteiger partial charge in [0.25, 0.3) is 5.56 Å². The minimum absolute atomic E-state index is 0.105. The molecule has 214 valence electrons. The van der Waals surface area contributed by atoms with Crippen LogP contribution in [0.5, 0.6) is 28.7 Å². The summed E-state index contributed by atoms with van der Waals surface area (Å²) in [5.74, 6) is -0.382. The maximum atomic E-state index is 14.2. The first-order valence-electron chi connectivity index (χ1n) is 12.0. The summed E-state index contributed by atoms with van der Waals surface area (Å²) in [6.07, 6.45) is 0. The zero-order valence-corrected chi connectivity index (χ0v) is 24.4. The number of hydrogen-bond acceptors (Lipinski definition) is 9. The number of methoxy groups -OCH3 is 5. The van der Waals surface area contributed by atoms with E-state index >= 15 is 0 Å². The number of hydrogen-bond donors (Lipinski definition) is 1. The second-order valence-corrected chi connectivity index (χ2v) is 9.34. The molecule has 0 spiro atoms. The topological polar surface area (TPSA) is 132 Å². The van der Waals surface area contributed by atoms with Crippen LogP contribution in [-0.4, -0.2) is 63.8 Å². The molecule has 0 amide bonds. The second kappa shape index (κ2) is 12.2. The van der Waals surface area contributed by atoms with Gasteiger partial charge in [-0.3, -0.25) is 9.36 Å². The third-order valence-corrected chi connectivity index (χ3v) is 6.82. The van der Waals surface area contributed by atoms with Crippen molar-refractivity contribution in [2.45, 2.75) is 0 Å². The van der Waals surface area contributed by atoms with Crippen molar-refractivity contribution in [1.82, 2.24) is 4.57 Å². The highest BCUT2D eigenvalue weighted by Gasteiger charge is 2.28. The molecule has 0 fully saturated rings. The van der Waals surface area contributed by atoms with E-state index in [9.17, 15) is 14.4 Å². The molecule has 0 saturated carbocycles. The van der Waals surface area contributed by atoms with Crippen LogP contribution in [0, 0.1) is 0 Å². The van der Waals surface area contributed by atoms with Crippen molar-refractivity contribution in [3.05, 3.63) is 69.1 Å². The Hall–Kier alpha value is -4.71. The quantitative estimate of drug-likeness (QED) is 0.247. The summed E-state index contributed by atoms with van der Waals surface area (Å²) in [5, 5.41) is 9.62. The zero-order chi connectivity index (χ0) is 29.8. The number of carbonyl (C=O) groups is 2. The van der Waals surface area contributed by atoms with E-state index in [0.29, 0.717) is 44.0 Å². The van der Waals surface area contributed by atoms with Crippen molar-refractivity contribution in [3.8, 4) is 45.6 Å². The van der Waals surface area contributed by atoms with Crippen molar-refractivity contribution < 1.29 is 43.1 Å². The molecular formula is C29H26BrNO10. The molecule has 0 aliphatic carbocycles. The Morgan fingerprint density at radius 3 is 2.10 bits per heavy atom. The second-order valence-electron chi connectivity index (χ2n) is 8.48. The van der Waals surface area contributed by atoms with Gasteiger partial charge in [0.15, 0.2) is 29.6 Å². The number of carbonyl (C=O) groups excluding carboxylic acids is 1. The number of rotatable bonds is 10. The molecule has 1 heterocycles. The van der Waals surface area contributed by atoms with Gasteiger partial charge in [-0.2, -0.15) is 0 Å². The van der Waals surface area contributed by atoms with Gasteiger partial charge < -0.3 is 33.5 Å². The number of halogens is 1. The number of aromatic nitrogens is 1. The average Bonchev–Trinajstić information content (AvgIpc) is 2.98. The fraction of sp³-hybridized carbons (Fsp3) is 0.207. The number of pyridine rings is 1. The van der Waals surface area contributed by atoms with E-state index in [1.165, 1.54) is 58.3 Å². The third-order valence-electron chi connectivity index (χ3n) is 6.23. The number of fused-ring (bicyclic) bond motifs is 1. The molecule has 0 aliphatic rings. The van der Waals surface area contributed by atoms with Gasteiger partial charge in [-0.25, -0.2) is 9.59 Å². The molecule has 0 radical (unpaired) electrons. The monoisotopic (exact) mass is 627 g/mol. The molecule has 0 unspecified atom stereocenters. The van der Waals surface area contributed by atoms with Crippen LogP contribution in [-0.2, 0) is 9.53 Å². The van der Waals surface area contributed by atoms with E-state index in [1.54, 1.807) is 30.3 Å². The van der Waals surface area contributed by atoms with Crippen LogP contribution in [0.3, 0.4) is 0 Å². The van der Waals surface area contributed by atoms with Gasteiger partial charge in [0.05, 0.1) is 51.1 Å². The van der Waals surface area contributed by atoms with E-state index in [-0.39, 0.29) is 22.5 Å². The minimum Gasteiger partial charge on any atom is -0.493 e. The van der Waals surface area contributed by atoms with Crippen molar-refractivity contribution in [2.75, 3.05) is 42.2 Å². The Kier molecular flexibility index (Phi) is 8.72. The van der Waals surface area contributed by atoms with Crippen molar-refractivity contribution in [1.29, 1.82) is 0 Å². The molecule has 0 saturated heterocycles. The molecule has 0 bridgehead atoms. The number of nitrogens with zero attached hydrogens (tertiary/aromatic N) is 1. The molecule has 41 heavy (non-hydrogen) atoms. The third kappa shape index (κ3) is 5.50. The summed E-state index contributed by atoms with van der Waals surface area (Å²) in [6.45, 7) is -0.595. The first-order chi connectivity index (χ1) is 19.7. The Morgan fingerprint density at radius 2 is 1.51 bits per heavy atom. The molecule has 3 aromatic carbocycles. The maximum Gasteiger partial charge on any atom is 0.355 e. The number of carboxylic acids is 1. The van der Waals surface area contributed by atoms with Crippen LogP contribution in [0.2, 0.25) is 0 Å². The first kappa shape index (κ1) is 29.3. The number of esters is 1. The van der Waals surface area contributed by atoms with E-state index in [4.69, 9.17) is 33.5 Å². The van der Waals surface area contributed by atoms with E-state index < -0.39 is 24.1 Å². The predicted molar refractivity (Wildman–Crippen MR) is 153 cm³/mol. The summed E-state index contributed by atoms with van der Waals surface area (Å²) in [4.78, 5) is 38.7. The van der Waals surface area contributed by atoms with Crippen LogP contribution in [0.4, 0.5) is 0 Å². The molecular weight excluding hydrogens is 602 g/mol. The molecule has 4 rings (SSSR count). The lowest BCUT2D eigenvalue weighted by Crippen LogP contribution is -2.27. The van der Waals surface area contributed by atoms with Gasteiger partial charge in [-0.1, -0.05) is 6.07 Å². The Bertz CT molecular complexity index is 1710. The molecule has 4 aromatic rings. The van der Waals surface area contributed by atoms with Crippen molar-refractivity contribution in [3.63, 3.8) is 0 Å². The van der Waals surface area contributed by atoms with Gasteiger partial charge in [0.1, 0.15) is 11.4 Å². The number of ether oxygens (including phenoxy) is 6. The Morgan fingerprint density at radius 1 is 0.854 bits per heavy atom. The molecule has 1 aromatic heterocycles. The lowest BCUT2D eigenvalue weighted by molar-refractivity contribution is -0.139. The standard InChI is InChI=1S/C29H26BrNO10/c1-36-21-12-18-19(13-22(21)37-2)28(34)31(16-7-6-8-17(11-16)41-14-24(32)33)26(29(35)40-5)25(18)15-9-20(30)27(39-4)23(10-15)38-3/h6-13H,14H2,1-5H3,(H,32,33). The van der Waals surface area contributed by atoms with Gasteiger partial charge in [0.2, 0.25) is 0 Å². The molecule has 11 nitrogen and oxygen atoms in total. The van der Waals surface area contributed by atoms with E-state index in [2.05, 4.69) is 15.9 Å². The predicted octanol–water partition coefficient (Wildman–Crippen LogP) is 4.70. The van der Waals surface area contributed by atoms with E-state index in [0.717, 1.165) is 0 Å². The molecule has 0 atom stereocenters. The summed E-state index contributed by atoms with van der Waals surface area (Å²) in [5.41, 5.74) is 0.368. The summed E-state index contributed by atoms with van der Waals surface area (Å²) >= 11 is 3.51. The van der Waals surface area contributed by atoms with Crippen LogP contribution in [0.25, 0.3) is 27.6 Å². The first-order valence-corrected chi connectivity index (χ1v) is 12.8. The number of aliphatic carboxylic acids is 1. The number of carboxylic acid groups (broad SMARTS) is 1. The van der Waals surface area contributed by atoms with Gasteiger partial charge in [-0.05, 0) is 57.9 Å². The smallest absolute Gasteiger partial charge is 0.355 e. The van der Waals surface area contributed by atoms with Crippen LogP contribution < -0.4 is 29.2 Å². The SMILES string of the molecule is COC(=O)c1c(-c2cc(Br)c(OC)c(OC)c2)c2cc(OC)c(OC)cc2c(=O)n1-c1cccc(OCC(=O)O)c1. The highest BCUT2D eigenvalue weighted by atomic mass is 79.9. The van der Waals surface area contributed by atoms with Gasteiger partial charge in [-0.15, -0.1) is 0 Å². The average molecular weight is 628 g/mol. The molecule has 1 N–H and O–H groups in total. The lowest BCUT2D eigenvalue weighted by atomic mass is 9.95. The fourth-order valence-corrected chi connectivity index (χ4v) is 5.08. The Balaban J connectivity index is 2.22. The fourth-order valence-electron chi connectivity index (χ4n) is 4.47. The van der Waals surface area contributed by atoms with Gasteiger partial charge >= 0.3 is 11.9 Å². The molecule has 12 heteroatoms. The summed E-state index contributed by atoms with van der Waals surface area (Å²) in [6, 6.07) is 12.7. The largest absolute Gasteiger partial charge is 0.493 e. The van der Waals surface area contributed by atoms with Crippen LogP contribution >= 0.6 is 15.9 Å². The van der Waals surface area contributed by atoms with E-state index in [1.807, 2.05) is 0 Å². The summed E-state index contributed by atoms with van der Waals surface area (Å²) in [7, 11) is 7.08. The zero-order valence-electron chi connectivity index (χ0n) is 22.8. The number of benzene rings is 3. The highest BCUT2D eigenvalue weighted by Crippen LogP contribution is 2.44. The molecule has 0 aliphatic heterocycles. The summed E-state index contributed by atoms with van der Waals surface area (Å²) < 4.78 is 34.2. The van der Waals surface area contributed by atoms with Gasteiger partial charge in [0, 0.05) is 17.0 Å². The lowest BCUT2D eigenvalue weighted by Gasteiger charge is -2.21. The maximum absolute atomic E-state index is 14.2.